The molecule has 0 amide bonds. The molecule has 152 valence electrons. The van der Waals surface area contributed by atoms with Gasteiger partial charge < -0.3 is 5.21 Å². The number of hydrogen-bond donors (Lipinski definition) is 1. The summed E-state index contributed by atoms with van der Waals surface area (Å²) in [6.45, 7) is 3.79. The average Bonchev–Trinajstić information content (AvgIpc) is 3.01. The lowest BCUT2D eigenvalue weighted by Crippen LogP contribution is -2.29. The second kappa shape index (κ2) is 8.19. The fraction of sp³-hybridized carbons (Fsp3) is 0.0909. The van der Waals surface area contributed by atoms with Crippen LogP contribution in [0.4, 0.5) is 11.6 Å². The first-order valence-electron chi connectivity index (χ1n) is 9.11. The number of nitrogens with one attached hydrogen (secondary N) is 1. The molecule has 0 radical (unpaired) electrons. The van der Waals surface area contributed by atoms with Crippen LogP contribution < -0.4 is 10.0 Å². The van der Waals surface area contributed by atoms with E-state index in [0.29, 0.717) is 32.4 Å². The highest BCUT2D eigenvalue weighted by Crippen LogP contribution is 2.35. The van der Waals surface area contributed by atoms with E-state index in [1.165, 1.54) is 6.20 Å². The van der Waals surface area contributed by atoms with Gasteiger partial charge in [0.2, 0.25) is 5.82 Å². The molecule has 2 aromatic carbocycles. The quantitative estimate of drug-likeness (QED) is 0.280. The minimum Gasteiger partial charge on any atom is -0.711 e. The first-order valence-corrected chi connectivity index (χ1v) is 10.2. The normalized spacial score (nSPS) is 11.0. The molecule has 0 aliphatic carbocycles. The fourth-order valence-corrected chi connectivity index (χ4v) is 3.80. The molecule has 8 heteroatoms. The number of anilines is 2. The number of rotatable bonds is 4. The van der Waals surface area contributed by atoms with E-state index in [0.717, 1.165) is 27.1 Å². The molecule has 0 saturated heterocycles. The van der Waals surface area contributed by atoms with Crippen LogP contribution in [0, 0.1) is 19.1 Å². The second-order valence-corrected chi connectivity index (χ2v) is 8.16. The molecule has 1 N–H and O–H groups in total. The predicted molar refractivity (Wildman–Crippen MR) is 122 cm³/mol. The molecular formula is C22H17Cl3N4O. The van der Waals surface area contributed by atoms with Crippen LogP contribution in [0.1, 0.15) is 11.1 Å². The van der Waals surface area contributed by atoms with Gasteiger partial charge in [0, 0.05) is 27.2 Å². The number of hydrogen-bond acceptors (Lipinski definition) is 3. The molecule has 0 atom stereocenters. The van der Waals surface area contributed by atoms with E-state index >= 15 is 0 Å². The van der Waals surface area contributed by atoms with Gasteiger partial charge in [-0.3, -0.25) is 0 Å². The van der Waals surface area contributed by atoms with Crippen LogP contribution in [0.5, 0.6) is 0 Å². The van der Waals surface area contributed by atoms with Gasteiger partial charge in [-0.1, -0.05) is 46.9 Å². The minimum atomic E-state index is 0.373. The Morgan fingerprint density at radius 2 is 1.63 bits per heavy atom. The molecule has 0 aliphatic heterocycles. The van der Waals surface area contributed by atoms with Gasteiger partial charge in [0.05, 0.1) is 22.6 Å². The van der Waals surface area contributed by atoms with E-state index in [1.807, 2.05) is 44.2 Å². The highest BCUT2D eigenvalue weighted by molar-refractivity contribution is 6.35. The van der Waals surface area contributed by atoms with Crippen LogP contribution in [-0.4, -0.2) is 9.78 Å². The van der Waals surface area contributed by atoms with Crippen LogP contribution >= 0.6 is 34.8 Å². The number of halogens is 3. The molecule has 0 unspecified atom stereocenters. The van der Waals surface area contributed by atoms with Gasteiger partial charge in [0.15, 0.2) is 0 Å². The van der Waals surface area contributed by atoms with E-state index in [-0.39, 0.29) is 0 Å². The lowest BCUT2D eigenvalue weighted by Gasteiger charge is -2.10. The molecule has 0 aliphatic rings. The van der Waals surface area contributed by atoms with Crippen molar-refractivity contribution in [1.82, 2.24) is 9.78 Å². The van der Waals surface area contributed by atoms with Crippen LogP contribution in [-0.2, 0) is 0 Å². The standard InChI is InChI=1S/C22H17Cl3N4O/c1-13-3-10-20(28(30)12-13)26-22-14(2)21(15-4-6-16(23)7-5-15)29(27-22)19-9-8-17(24)11-18(19)25/h3-12H,1-2H3,(H,26,27). The van der Waals surface area contributed by atoms with E-state index in [2.05, 4.69) is 5.32 Å². The summed E-state index contributed by atoms with van der Waals surface area (Å²) >= 11 is 18.6. The maximum absolute atomic E-state index is 12.3. The smallest absolute Gasteiger partial charge is 0.283 e. The summed E-state index contributed by atoms with van der Waals surface area (Å²) in [5, 5.41) is 21.8. The molecule has 0 fully saturated rings. The Kier molecular flexibility index (Phi) is 5.60. The minimum absolute atomic E-state index is 0.373. The summed E-state index contributed by atoms with van der Waals surface area (Å²) in [5.41, 5.74) is 4.11. The lowest BCUT2D eigenvalue weighted by molar-refractivity contribution is -0.590. The summed E-state index contributed by atoms with van der Waals surface area (Å²) in [4.78, 5) is 0. The average molecular weight is 460 g/mol. The molecule has 5 nitrogen and oxygen atoms in total. The first kappa shape index (κ1) is 20.5. The summed E-state index contributed by atoms with van der Waals surface area (Å²) in [5.74, 6) is 0.914. The van der Waals surface area contributed by atoms with Gasteiger partial charge in [-0.25, -0.2) is 14.7 Å². The molecule has 0 bridgehead atoms. The lowest BCUT2D eigenvalue weighted by atomic mass is 10.1. The van der Waals surface area contributed by atoms with Gasteiger partial charge in [0.25, 0.3) is 5.82 Å². The first-order chi connectivity index (χ1) is 14.3. The maximum atomic E-state index is 12.3. The van der Waals surface area contributed by atoms with Gasteiger partial charge in [0.1, 0.15) is 0 Å². The van der Waals surface area contributed by atoms with Gasteiger partial charge in [-0.05, 0) is 55.8 Å². The highest BCUT2D eigenvalue weighted by Gasteiger charge is 2.22. The number of nitrogens with zero attached hydrogens (tertiary/aromatic N) is 3. The Labute approximate surface area is 189 Å². The zero-order valence-electron chi connectivity index (χ0n) is 16.2. The third-order valence-electron chi connectivity index (χ3n) is 4.69. The van der Waals surface area contributed by atoms with Gasteiger partial charge >= 0.3 is 0 Å². The highest BCUT2D eigenvalue weighted by atomic mass is 35.5. The van der Waals surface area contributed by atoms with Gasteiger partial charge in [-0.2, -0.15) is 0 Å². The van der Waals surface area contributed by atoms with Crippen LogP contribution in [0.2, 0.25) is 15.1 Å². The number of pyridine rings is 1. The van der Waals surface area contributed by atoms with Crippen molar-refractivity contribution < 1.29 is 4.73 Å². The Balaban J connectivity index is 1.89. The summed E-state index contributed by atoms with van der Waals surface area (Å²) in [7, 11) is 0. The summed E-state index contributed by atoms with van der Waals surface area (Å²) in [6.07, 6.45) is 1.50. The van der Waals surface area contributed by atoms with Crippen molar-refractivity contribution in [3.63, 3.8) is 0 Å². The zero-order valence-corrected chi connectivity index (χ0v) is 18.4. The Morgan fingerprint density at radius 3 is 2.30 bits per heavy atom. The van der Waals surface area contributed by atoms with E-state index in [9.17, 15) is 5.21 Å². The fourth-order valence-electron chi connectivity index (χ4n) is 3.19. The number of aryl methyl sites for hydroxylation is 1. The topological polar surface area (TPSA) is 56.8 Å². The molecule has 4 aromatic rings. The number of benzene rings is 2. The molecule has 0 spiro atoms. The van der Waals surface area contributed by atoms with Crippen LogP contribution in [0.25, 0.3) is 16.9 Å². The molecular weight excluding hydrogens is 443 g/mol. The summed E-state index contributed by atoms with van der Waals surface area (Å²) < 4.78 is 2.52. The third kappa shape index (κ3) is 3.97. The van der Waals surface area contributed by atoms with Crippen molar-refractivity contribution in [3.05, 3.63) is 92.2 Å². The third-order valence-corrected chi connectivity index (χ3v) is 5.48. The van der Waals surface area contributed by atoms with E-state index in [4.69, 9.17) is 39.9 Å². The van der Waals surface area contributed by atoms with Crippen molar-refractivity contribution in [2.45, 2.75) is 13.8 Å². The molecule has 0 saturated carbocycles. The largest absolute Gasteiger partial charge is 0.711 e. The molecule has 2 aromatic heterocycles. The van der Waals surface area contributed by atoms with Crippen molar-refractivity contribution in [3.8, 4) is 16.9 Å². The van der Waals surface area contributed by atoms with Crippen LogP contribution in [0.15, 0.2) is 60.8 Å². The van der Waals surface area contributed by atoms with Crippen LogP contribution in [0.3, 0.4) is 0 Å². The molecule has 4 rings (SSSR count). The molecule has 2 heterocycles. The Bertz CT molecular complexity index is 1240. The van der Waals surface area contributed by atoms with Gasteiger partial charge in [-0.15, -0.1) is 5.10 Å². The van der Waals surface area contributed by atoms with Crippen molar-refractivity contribution in [2.24, 2.45) is 0 Å². The van der Waals surface area contributed by atoms with E-state index in [1.54, 1.807) is 28.9 Å². The predicted octanol–water partition coefficient (Wildman–Crippen LogP) is 6.49. The van der Waals surface area contributed by atoms with Crippen molar-refractivity contribution in [1.29, 1.82) is 0 Å². The Morgan fingerprint density at radius 1 is 0.933 bits per heavy atom. The molecule has 30 heavy (non-hydrogen) atoms. The Hall–Kier alpha value is -2.73. The second-order valence-electron chi connectivity index (χ2n) is 6.88. The van der Waals surface area contributed by atoms with Crippen molar-refractivity contribution in [2.75, 3.05) is 5.32 Å². The monoisotopic (exact) mass is 458 g/mol. The number of aromatic nitrogens is 3. The zero-order chi connectivity index (χ0) is 21.4. The van der Waals surface area contributed by atoms with E-state index < -0.39 is 0 Å². The van der Waals surface area contributed by atoms with Crippen molar-refractivity contribution >= 4 is 46.4 Å². The summed E-state index contributed by atoms with van der Waals surface area (Å²) in [6, 6.07) is 16.3. The maximum Gasteiger partial charge on any atom is 0.283 e. The SMILES string of the molecule is Cc1ccc(Nc2nn(-c3ccc(Cl)cc3Cl)c(-c3ccc(Cl)cc3)c2C)[n+]([O-])c1.